The molecule has 4 nitrogen and oxygen atoms in total. The molecule has 0 saturated carbocycles. The van der Waals surface area contributed by atoms with Crippen LogP contribution in [0.2, 0.25) is 0 Å². The van der Waals surface area contributed by atoms with E-state index in [0.29, 0.717) is 0 Å². The van der Waals surface area contributed by atoms with Crippen LogP contribution in [-0.2, 0) is 11.3 Å². The summed E-state index contributed by atoms with van der Waals surface area (Å²) >= 11 is 0. The molecule has 0 aliphatic carbocycles. The molecule has 0 unspecified atom stereocenters. The van der Waals surface area contributed by atoms with Crippen molar-refractivity contribution in [3.63, 3.8) is 0 Å². The second kappa shape index (κ2) is 4.33. The Bertz CT molecular complexity index is 346. The summed E-state index contributed by atoms with van der Waals surface area (Å²) in [5.41, 5.74) is 0. The highest BCUT2D eigenvalue weighted by Gasteiger charge is 2.27. The predicted octanol–water partition coefficient (Wildman–Crippen LogP) is 1.62. The zero-order chi connectivity index (χ0) is 11.5. The van der Waals surface area contributed by atoms with E-state index in [1.165, 1.54) is 12.4 Å². The van der Waals surface area contributed by atoms with Crippen LogP contribution >= 0.6 is 0 Å². The molecule has 0 amide bonds. The van der Waals surface area contributed by atoms with E-state index < -0.39 is 18.6 Å². The molecule has 1 heterocycles. The fraction of sp³-hybridized carbons (Fsp3) is 0.500. The fourth-order valence-corrected chi connectivity index (χ4v) is 1.02. The molecule has 0 bridgehead atoms. The van der Waals surface area contributed by atoms with Crippen LogP contribution in [0.1, 0.15) is 17.0 Å². The van der Waals surface area contributed by atoms with Crippen LogP contribution in [0.25, 0.3) is 0 Å². The first-order valence-electron chi connectivity index (χ1n) is 4.10. The number of carbonyl (C=O) groups is 1. The zero-order valence-corrected chi connectivity index (χ0v) is 7.91. The Morgan fingerprint density at radius 2 is 2.27 bits per heavy atom. The molecule has 0 saturated heterocycles. The van der Waals surface area contributed by atoms with Crippen molar-refractivity contribution in [3.05, 3.63) is 18.2 Å². The first-order chi connectivity index (χ1) is 6.94. The van der Waals surface area contributed by atoms with Crippen LogP contribution in [0.4, 0.5) is 13.2 Å². The minimum atomic E-state index is -4.25. The third-order valence-electron chi connectivity index (χ3n) is 1.72. The topological polar surface area (TPSA) is 44.1 Å². The van der Waals surface area contributed by atoms with E-state index in [4.69, 9.17) is 0 Å². The number of alkyl halides is 3. The molecule has 0 atom stereocenters. The minimum Gasteiger partial charge on any atom is -0.463 e. The maximum Gasteiger partial charge on any atom is 0.390 e. The van der Waals surface area contributed by atoms with Crippen molar-refractivity contribution in [2.45, 2.75) is 19.1 Å². The number of esters is 1. The highest BCUT2D eigenvalue weighted by molar-refractivity contribution is 5.85. The number of methoxy groups -OCH3 is 1. The number of carbonyl (C=O) groups excluding carboxylic acids is 1. The summed E-state index contributed by atoms with van der Waals surface area (Å²) in [6.07, 6.45) is -2.70. The molecule has 0 spiro atoms. The number of hydrogen-bond donors (Lipinski definition) is 0. The third-order valence-corrected chi connectivity index (χ3v) is 1.72. The van der Waals surface area contributed by atoms with Gasteiger partial charge in [0, 0.05) is 18.9 Å². The molecular weight excluding hydrogens is 213 g/mol. The van der Waals surface area contributed by atoms with Crippen LogP contribution in [0.15, 0.2) is 12.4 Å². The summed E-state index contributed by atoms with van der Waals surface area (Å²) < 4.78 is 41.2. The molecule has 0 radical (unpaired) electrons. The average Bonchev–Trinajstić information content (AvgIpc) is 2.60. The van der Waals surface area contributed by atoms with Crippen molar-refractivity contribution in [1.29, 1.82) is 0 Å². The lowest BCUT2D eigenvalue weighted by atomic mass is 10.4. The smallest absolute Gasteiger partial charge is 0.390 e. The number of rotatable bonds is 3. The summed E-state index contributed by atoms with van der Waals surface area (Å²) in [6, 6.07) is 0. The van der Waals surface area contributed by atoms with E-state index in [2.05, 4.69) is 9.72 Å². The Morgan fingerprint density at radius 1 is 1.60 bits per heavy atom. The zero-order valence-electron chi connectivity index (χ0n) is 7.91. The molecule has 7 heteroatoms. The number of imidazole rings is 1. The van der Waals surface area contributed by atoms with Crippen molar-refractivity contribution in [2.75, 3.05) is 7.11 Å². The molecule has 1 aromatic heterocycles. The van der Waals surface area contributed by atoms with Crippen LogP contribution in [0.3, 0.4) is 0 Å². The Hall–Kier alpha value is -1.53. The maximum absolute atomic E-state index is 11.9. The molecular formula is C8H9F3N2O2. The summed E-state index contributed by atoms with van der Waals surface area (Å²) in [5.74, 6) is -0.871. The maximum atomic E-state index is 11.9. The molecule has 84 valence electrons. The predicted molar refractivity (Wildman–Crippen MR) is 44.2 cm³/mol. The SMILES string of the molecule is COC(=O)c1nccn1CCC(F)(F)F. The van der Waals surface area contributed by atoms with Gasteiger partial charge in [-0.05, 0) is 0 Å². The van der Waals surface area contributed by atoms with Crippen LogP contribution in [0.5, 0.6) is 0 Å². The number of halogens is 3. The molecule has 0 fully saturated rings. The Kier molecular flexibility index (Phi) is 3.33. The van der Waals surface area contributed by atoms with E-state index in [9.17, 15) is 18.0 Å². The molecule has 0 aliphatic rings. The van der Waals surface area contributed by atoms with Gasteiger partial charge < -0.3 is 9.30 Å². The van der Waals surface area contributed by atoms with Gasteiger partial charge in [-0.15, -0.1) is 0 Å². The Balaban J connectivity index is 2.70. The van der Waals surface area contributed by atoms with Crippen LogP contribution < -0.4 is 0 Å². The highest BCUT2D eigenvalue weighted by atomic mass is 19.4. The Morgan fingerprint density at radius 3 is 2.80 bits per heavy atom. The van der Waals surface area contributed by atoms with Gasteiger partial charge in [0.05, 0.1) is 13.5 Å². The largest absolute Gasteiger partial charge is 0.463 e. The molecule has 0 aliphatic heterocycles. The lowest BCUT2D eigenvalue weighted by Crippen LogP contribution is -2.16. The lowest BCUT2D eigenvalue weighted by molar-refractivity contribution is -0.136. The number of hydrogen-bond acceptors (Lipinski definition) is 3. The first kappa shape index (κ1) is 11.5. The summed E-state index contributed by atoms with van der Waals surface area (Å²) in [6.45, 7) is -0.339. The quantitative estimate of drug-likeness (QED) is 0.730. The van der Waals surface area contributed by atoms with Gasteiger partial charge in [0.25, 0.3) is 0 Å². The highest BCUT2D eigenvalue weighted by Crippen LogP contribution is 2.20. The van der Waals surface area contributed by atoms with Crippen LogP contribution in [-0.4, -0.2) is 28.8 Å². The second-order valence-electron chi connectivity index (χ2n) is 2.80. The molecule has 15 heavy (non-hydrogen) atoms. The Labute approximate surface area is 83.7 Å². The van der Waals surface area contributed by atoms with Crippen molar-refractivity contribution >= 4 is 5.97 Å². The summed E-state index contributed by atoms with van der Waals surface area (Å²) in [5, 5.41) is 0. The first-order valence-corrected chi connectivity index (χ1v) is 4.10. The summed E-state index contributed by atoms with van der Waals surface area (Å²) in [7, 11) is 1.14. The van der Waals surface area contributed by atoms with Gasteiger partial charge in [-0.3, -0.25) is 0 Å². The van der Waals surface area contributed by atoms with E-state index in [1.54, 1.807) is 0 Å². The van der Waals surface area contributed by atoms with Gasteiger partial charge in [-0.1, -0.05) is 0 Å². The van der Waals surface area contributed by atoms with E-state index in [0.717, 1.165) is 11.7 Å². The van der Waals surface area contributed by atoms with E-state index in [1.807, 2.05) is 0 Å². The normalized spacial score (nSPS) is 11.5. The molecule has 1 aromatic rings. The number of nitrogens with zero attached hydrogens (tertiary/aromatic N) is 2. The van der Waals surface area contributed by atoms with Crippen molar-refractivity contribution in [3.8, 4) is 0 Å². The van der Waals surface area contributed by atoms with Gasteiger partial charge in [-0.2, -0.15) is 13.2 Å². The lowest BCUT2D eigenvalue weighted by Gasteiger charge is -2.08. The number of aryl methyl sites for hydroxylation is 1. The molecule has 0 N–H and O–H groups in total. The summed E-state index contributed by atoms with van der Waals surface area (Å²) in [4.78, 5) is 14.6. The van der Waals surface area contributed by atoms with E-state index >= 15 is 0 Å². The fourth-order valence-electron chi connectivity index (χ4n) is 1.02. The van der Waals surface area contributed by atoms with Gasteiger partial charge >= 0.3 is 12.1 Å². The van der Waals surface area contributed by atoms with Gasteiger partial charge in [0.1, 0.15) is 0 Å². The minimum absolute atomic E-state index is 0.123. The van der Waals surface area contributed by atoms with Crippen LogP contribution in [0, 0.1) is 0 Å². The van der Waals surface area contributed by atoms with Gasteiger partial charge in [0.2, 0.25) is 5.82 Å². The van der Waals surface area contributed by atoms with Crippen molar-refractivity contribution in [1.82, 2.24) is 9.55 Å². The third kappa shape index (κ3) is 3.26. The van der Waals surface area contributed by atoms with Crippen molar-refractivity contribution < 1.29 is 22.7 Å². The monoisotopic (exact) mass is 222 g/mol. The standard InChI is InChI=1S/C8H9F3N2O2/c1-15-7(14)6-12-3-5-13(6)4-2-8(9,10)11/h3,5H,2,4H2,1H3. The number of aromatic nitrogens is 2. The van der Waals surface area contributed by atoms with Crippen molar-refractivity contribution in [2.24, 2.45) is 0 Å². The molecule has 0 aromatic carbocycles. The van der Waals surface area contributed by atoms with Gasteiger partial charge in [0.15, 0.2) is 0 Å². The average molecular weight is 222 g/mol. The second-order valence-corrected chi connectivity index (χ2v) is 2.80. The van der Waals surface area contributed by atoms with Gasteiger partial charge in [-0.25, -0.2) is 9.78 Å². The van der Waals surface area contributed by atoms with E-state index in [-0.39, 0.29) is 12.4 Å². The molecule has 1 rings (SSSR count). The number of ether oxygens (including phenoxy) is 1.